The minimum atomic E-state index is -0.571. The van der Waals surface area contributed by atoms with Crippen LogP contribution in [0.25, 0.3) is 0 Å². The summed E-state index contributed by atoms with van der Waals surface area (Å²) >= 11 is 1.89. The second-order valence-electron chi connectivity index (χ2n) is 1.06. The van der Waals surface area contributed by atoms with Crippen molar-refractivity contribution in [1.29, 1.82) is 0 Å². The fraction of sp³-hybridized carbons (Fsp3) is 1.00. The minimum absolute atomic E-state index is 0. The van der Waals surface area contributed by atoms with E-state index in [0.717, 1.165) is 13.2 Å². The van der Waals surface area contributed by atoms with Crippen LogP contribution in [0.5, 0.6) is 0 Å². The van der Waals surface area contributed by atoms with Crippen LogP contribution < -0.4 is 29.6 Å². The number of hydrogen-bond donors (Lipinski definition) is 0. The van der Waals surface area contributed by atoms with Gasteiger partial charge in [0.2, 0.25) is 0 Å². The van der Waals surface area contributed by atoms with E-state index >= 15 is 0 Å². The molecule has 0 saturated heterocycles. The van der Waals surface area contributed by atoms with Crippen molar-refractivity contribution >= 4 is 27.8 Å². The quantitative estimate of drug-likeness (QED) is 0.456. The molecular formula is C4H10NaO2PTe. The van der Waals surface area contributed by atoms with Gasteiger partial charge in [-0.1, -0.05) is 0 Å². The zero-order chi connectivity index (χ0) is 6.41. The molecule has 5 heteroatoms. The van der Waals surface area contributed by atoms with Gasteiger partial charge in [0, 0.05) is 0 Å². The monoisotopic (exact) mass is 274 g/mol. The fourth-order valence-electron chi connectivity index (χ4n) is 0.248. The first-order valence-electron chi connectivity index (χ1n) is 2.54. The molecule has 9 heavy (non-hydrogen) atoms. The average molecular weight is 272 g/mol. The predicted molar refractivity (Wildman–Crippen MR) is 35.9 cm³/mol. The van der Waals surface area contributed by atoms with E-state index in [1.165, 1.54) is 0 Å². The average Bonchev–Trinajstić information content (AvgIpc) is 1.68. The summed E-state index contributed by atoms with van der Waals surface area (Å²) in [6, 6.07) is -0.571. The van der Waals surface area contributed by atoms with Crippen LogP contribution in [0.1, 0.15) is 13.8 Å². The molecule has 0 radical (unpaired) electrons. The molecule has 0 fully saturated rings. The van der Waals surface area contributed by atoms with E-state index in [2.05, 4.69) is 0 Å². The maximum absolute atomic E-state index is 5.13. The summed E-state index contributed by atoms with van der Waals surface area (Å²) < 4.78 is 10.3. The Balaban J connectivity index is 0. The van der Waals surface area contributed by atoms with Gasteiger partial charge in [-0.05, 0) is 0 Å². The van der Waals surface area contributed by atoms with E-state index < -0.39 is 6.07 Å². The topological polar surface area (TPSA) is 18.5 Å². The third-order valence-corrected chi connectivity index (χ3v) is 3.21. The van der Waals surface area contributed by atoms with Crippen LogP contribution in [0.15, 0.2) is 0 Å². The largest absolute Gasteiger partial charge is 1.00 e. The molecule has 0 aliphatic rings. The molecule has 0 amide bonds. The SMILES string of the molecule is CCOP([Te-])OCC.[Na+]. The van der Waals surface area contributed by atoms with Gasteiger partial charge < -0.3 is 0 Å². The van der Waals surface area contributed by atoms with Gasteiger partial charge in [0.25, 0.3) is 0 Å². The van der Waals surface area contributed by atoms with Crippen LogP contribution in [0.4, 0.5) is 0 Å². The van der Waals surface area contributed by atoms with Crippen molar-refractivity contribution in [2.24, 2.45) is 0 Å². The van der Waals surface area contributed by atoms with Crippen molar-refractivity contribution in [2.45, 2.75) is 13.8 Å². The normalized spacial score (nSPS) is 9.33. The molecule has 0 spiro atoms. The second kappa shape index (κ2) is 10.1. The first kappa shape index (κ1) is 13.7. The summed E-state index contributed by atoms with van der Waals surface area (Å²) in [6.45, 7) is 5.45. The smallest absolute Gasteiger partial charge is 1.00 e. The summed E-state index contributed by atoms with van der Waals surface area (Å²) in [4.78, 5) is 0. The molecule has 0 aromatic heterocycles. The van der Waals surface area contributed by atoms with Crippen molar-refractivity contribution in [3.05, 3.63) is 0 Å². The van der Waals surface area contributed by atoms with Crippen molar-refractivity contribution < 1.29 is 38.6 Å². The summed E-state index contributed by atoms with van der Waals surface area (Å²) in [6.07, 6.45) is 0. The van der Waals surface area contributed by atoms with Gasteiger partial charge in [0.1, 0.15) is 0 Å². The standard InChI is InChI=1S/C4H10O2PTe.Na/c1-3-5-7(8)6-4-2;/h3-4H2,1-2H3;/q-1;+1. The Labute approximate surface area is 92.5 Å². The third-order valence-electron chi connectivity index (χ3n) is 0.469. The maximum Gasteiger partial charge on any atom is 1.00 e. The molecule has 50 valence electrons. The first-order valence-corrected chi connectivity index (χ1v) is 6.76. The Morgan fingerprint density at radius 2 is 1.56 bits per heavy atom. The van der Waals surface area contributed by atoms with E-state index in [-0.39, 0.29) is 29.6 Å². The molecule has 0 aliphatic heterocycles. The van der Waals surface area contributed by atoms with Gasteiger partial charge >= 0.3 is 93.5 Å². The number of rotatable bonds is 4. The molecule has 0 heterocycles. The van der Waals surface area contributed by atoms with Gasteiger partial charge in [-0.3, -0.25) is 0 Å². The van der Waals surface area contributed by atoms with Gasteiger partial charge in [-0.25, -0.2) is 0 Å². The third kappa shape index (κ3) is 10.1. The van der Waals surface area contributed by atoms with E-state index in [9.17, 15) is 0 Å². The van der Waals surface area contributed by atoms with Crippen molar-refractivity contribution in [2.75, 3.05) is 13.2 Å². The number of hydrogen-bond acceptors (Lipinski definition) is 2. The molecule has 0 rings (SSSR count). The van der Waals surface area contributed by atoms with E-state index in [0.29, 0.717) is 0 Å². The second-order valence-corrected chi connectivity index (χ2v) is 4.58. The molecule has 0 bridgehead atoms. The van der Waals surface area contributed by atoms with Crippen molar-refractivity contribution in [3.8, 4) is 0 Å². The molecule has 0 aliphatic carbocycles. The van der Waals surface area contributed by atoms with E-state index in [4.69, 9.17) is 9.05 Å². The van der Waals surface area contributed by atoms with Crippen LogP contribution in [0, 0.1) is 0 Å². The molecule has 0 aromatic carbocycles. The molecule has 0 saturated carbocycles. The van der Waals surface area contributed by atoms with Gasteiger partial charge in [0.15, 0.2) is 0 Å². The Bertz CT molecular complexity index is 51.8. The van der Waals surface area contributed by atoms with Gasteiger partial charge in [-0.15, -0.1) is 0 Å². The zero-order valence-corrected chi connectivity index (χ0v) is 11.3. The molecular weight excluding hydrogens is 262 g/mol. The summed E-state index contributed by atoms with van der Waals surface area (Å²) in [5.41, 5.74) is 0. The van der Waals surface area contributed by atoms with Crippen LogP contribution in [-0.4, -0.2) is 35.0 Å². The summed E-state index contributed by atoms with van der Waals surface area (Å²) in [5.74, 6) is 0. The van der Waals surface area contributed by atoms with Crippen LogP contribution in [-0.2, 0) is 9.05 Å². The Morgan fingerprint density at radius 1 is 1.22 bits per heavy atom. The van der Waals surface area contributed by atoms with Crippen molar-refractivity contribution in [3.63, 3.8) is 0 Å². The summed E-state index contributed by atoms with van der Waals surface area (Å²) in [7, 11) is 0. The Kier molecular flexibility index (Phi) is 15.4. The molecule has 0 unspecified atom stereocenters. The van der Waals surface area contributed by atoms with E-state index in [1.807, 2.05) is 35.6 Å². The minimum Gasteiger partial charge on any atom is 1.00 e. The summed E-state index contributed by atoms with van der Waals surface area (Å²) in [5, 5.41) is 0. The zero-order valence-electron chi connectivity index (χ0n) is 6.09. The maximum atomic E-state index is 5.13. The molecule has 0 aromatic rings. The van der Waals surface area contributed by atoms with Crippen LogP contribution in [0.3, 0.4) is 0 Å². The van der Waals surface area contributed by atoms with E-state index in [1.54, 1.807) is 0 Å². The molecule has 0 N–H and O–H groups in total. The van der Waals surface area contributed by atoms with Gasteiger partial charge in [-0.2, -0.15) is 0 Å². The molecule has 2 nitrogen and oxygen atoms in total. The van der Waals surface area contributed by atoms with Crippen molar-refractivity contribution in [1.82, 2.24) is 0 Å². The Morgan fingerprint density at radius 3 is 1.78 bits per heavy atom. The van der Waals surface area contributed by atoms with Crippen LogP contribution in [0.2, 0.25) is 0 Å². The Hall–Kier alpha value is 2.14. The predicted octanol–water partition coefficient (Wildman–Crippen LogP) is -1.54. The fourth-order valence-corrected chi connectivity index (χ4v) is 2.55. The molecule has 0 atom stereocenters. The van der Waals surface area contributed by atoms with Crippen LogP contribution >= 0.6 is 6.07 Å². The first-order chi connectivity index (χ1) is 3.81. The van der Waals surface area contributed by atoms with Gasteiger partial charge in [0.05, 0.1) is 0 Å².